The van der Waals surface area contributed by atoms with Crippen LogP contribution in [0, 0.1) is 11.6 Å². The van der Waals surface area contributed by atoms with Crippen LogP contribution in [0.3, 0.4) is 0 Å². The average Bonchev–Trinajstić information content (AvgIpc) is 3.47. The van der Waals surface area contributed by atoms with E-state index in [2.05, 4.69) is 10.6 Å². The van der Waals surface area contributed by atoms with Crippen molar-refractivity contribution >= 4 is 29.1 Å². The van der Waals surface area contributed by atoms with Gasteiger partial charge in [-0.15, -0.1) is 0 Å². The molecule has 2 unspecified atom stereocenters. The van der Waals surface area contributed by atoms with E-state index in [0.29, 0.717) is 31.8 Å². The molecule has 0 aromatic heterocycles. The van der Waals surface area contributed by atoms with Crippen LogP contribution in [-0.2, 0) is 10.9 Å². The highest BCUT2D eigenvalue weighted by Crippen LogP contribution is 2.42. The molecule has 2 amide bonds. The maximum absolute atomic E-state index is 14.1. The van der Waals surface area contributed by atoms with E-state index in [4.69, 9.17) is 21.1 Å². The smallest absolute Gasteiger partial charge is 0.416 e. The molecule has 5 rings (SSSR count). The highest BCUT2D eigenvalue weighted by Gasteiger charge is 2.36. The molecule has 0 saturated carbocycles. The normalized spacial score (nSPS) is 18.7. The molecule has 198 valence electrons. The fourth-order valence-corrected chi connectivity index (χ4v) is 4.65. The molecule has 2 aliphatic rings. The second-order valence-corrected chi connectivity index (χ2v) is 9.20. The third-order valence-corrected chi connectivity index (χ3v) is 6.50. The number of carbonyl (C=O) groups excluding carboxylic acids is 2. The number of anilines is 1. The minimum Gasteiger partial charge on any atom is -0.488 e. The van der Waals surface area contributed by atoms with Crippen LogP contribution in [0.1, 0.15) is 49.9 Å². The van der Waals surface area contributed by atoms with Crippen molar-refractivity contribution in [1.29, 1.82) is 0 Å². The van der Waals surface area contributed by atoms with E-state index in [1.807, 2.05) is 0 Å². The van der Waals surface area contributed by atoms with Crippen molar-refractivity contribution in [2.75, 3.05) is 18.5 Å². The molecular formula is C26H18ClF5N2O4. The number of hydrogen-bond acceptors (Lipinski definition) is 4. The van der Waals surface area contributed by atoms with Gasteiger partial charge in [0.25, 0.3) is 11.8 Å². The number of alkyl halides is 3. The molecule has 3 aromatic carbocycles. The van der Waals surface area contributed by atoms with Gasteiger partial charge in [-0.25, -0.2) is 8.78 Å². The number of amides is 2. The van der Waals surface area contributed by atoms with E-state index in [1.54, 1.807) is 0 Å². The molecular weight excluding hydrogens is 535 g/mol. The summed E-state index contributed by atoms with van der Waals surface area (Å²) in [7, 11) is 0. The monoisotopic (exact) mass is 552 g/mol. The Bertz CT molecular complexity index is 1440. The summed E-state index contributed by atoms with van der Waals surface area (Å²) in [5, 5.41) is 5.29. The highest BCUT2D eigenvalue weighted by molar-refractivity contribution is 6.31. The molecule has 2 N–H and O–H groups in total. The summed E-state index contributed by atoms with van der Waals surface area (Å²) in [4.78, 5) is 26.0. The Hall–Kier alpha value is -3.70. The van der Waals surface area contributed by atoms with Gasteiger partial charge in [0.2, 0.25) is 0 Å². The van der Waals surface area contributed by atoms with Crippen LogP contribution >= 0.6 is 11.6 Å². The van der Waals surface area contributed by atoms with Gasteiger partial charge in [-0.1, -0.05) is 11.6 Å². The van der Waals surface area contributed by atoms with E-state index in [1.165, 1.54) is 18.2 Å². The van der Waals surface area contributed by atoms with E-state index in [0.717, 1.165) is 12.1 Å². The van der Waals surface area contributed by atoms with Gasteiger partial charge >= 0.3 is 6.18 Å². The predicted molar refractivity (Wildman–Crippen MR) is 126 cm³/mol. The van der Waals surface area contributed by atoms with Crippen LogP contribution in [0.4, 0.5) is 27.6 Å². The Morgan fingerprint density at radius 3 is 2.58 bits per heavy atom. The Morgan fingerprint density at radius 1 is 1.08 bits per heavy atom. The summed E-state index contributed by atoms with van der Waals surface area (Å²) in [6.07, 6.45) is -4.63. The molecule has 0 aliphatic carbocycles. The van der Waals surface area contributed by atoms with Gasteiger partial charge in [0.1, 0.15) is 23.5 Å². The van der Waals surface area contributed by atoms with Crippen molar-refractivity contribution < 1.29 is 41.0 Å². The largest absolute Gasteiger partial charge is 0.488 e. The Morgan fingerprint density at radius 2 is 1.87 bits per heavy atom. The zero-order chi connectivity index (χ0) is 27.2. The van der Waals surface area contributed by atoms with E-state index >= 15 is 0 Å². The number of fused-ring (bicyclic) bond motifs is 1. The van der Waals surface area contributed by atoms with Crippen molar-refractivity contribution in [3.8, 4) is 5.75 Å². The van der Waals surface area contributed by atoms with Crippen LogP contribution in [-0.4, -0.2) is 31.1 Å². The first kappa shape index (κ1) is 25.9. The van der Waals surface area contributed by atoms with Crippen molar-refractivity contribution in [2.45, 2.75) is 24.7 Å². The molecule has 2 heterocycles. The lowest BCUT2D eigenvalue weighted by atomic mass is 9.95. The summed E-state index contributed by atoms with van der Waals surface area (Å²) < 4.78 is 78.8. The number of carbonyl (C=O) groups is 2. The number of ether oxygens (including phenoxy) is 2. The molecule has 2 aliphatic heterocycles. The quantitative estimate of drug-likeness (QED) is 0.387. The zero-order valence-electron chi connectivity index (χ0n) is 19.3. The minimum atomic E-state index is -4.88. The SMILES string of the molecule is O=C(Nc1cc(OC2CCOC2)cc2c1C(c1cc(F)ccc1Cl)NC2=O)c1cc(F)cc(C(F)(F)F)c1. The van der Waals surface area contributed by atoms with E-state index < -0.39 is 46.8 Å². The summed E-state index contributed by atoms with van der Waals surface area (Å²) >= 11 is 6.27. The van der Waals surface area contributed by atoms with Gasteiger partial charge < -0.3 is 20.1 Å². The summed E-state index contributed by atoms with van der Waals surface area (Å²) in [5.74, 6) is -3.33. The lowest BCUT2D eigenvalue weighted by Gasteiger charge is -2.20. The topological polar surface area (TPSA) is 76.7 Å². The van der Waals surface area contributed by atoms with Crippen LogP contribution < -0.4 is 15.4 Å². The second kappa shape index (κ2) is 9.88. The predicted octanol–water partition coefficient (Wildman–Crippen LogP) is 5.89. The second-order valence-electron chi connectivity index (χ2n) is 8.79. The highest BCUT2D eigenvalue weighted by atomic mass is 35.5. The first-order chi connectivity index (χ1) is 18.0. The summed E-state index contributed by atoms with van der Waals surface area (Å²) in [5.41, 5.74) is -1.48. The fraction of sp³-hybridized carbons (Fsp3) is 0.231. The van der Waals surface area contributed by atoms with Gasteiger partial charge in [0.15, 0.2) is 0 Å². The number of halogens is 6. The first-order valence-corrected chi connectivity index (χ1v) is 11.7. The maximum Gasteiger partial charge on any atom is 0.416 e. The third kappa shape index (κ3) is 5.16. The molecule has 1 fully saturated rings. The number of benzene rings is 3. The fourth-order valence-electron chi connectivity index (χ4n) is 4.42. The zero-order valence-corrected chi connectivity index (χ0v) is 20.1. The summed E-state index contributed by atoms with van der Waals surface area (Å²) in [6, 6.07) is 6.83. The molecule has 38 heavy (non-hydrogen) atoms. The third-order valence-electron chi connectivity index (χ3n) is 6.16. The van der Waals surface area contributed by atoms with Gasteiger partial charge in [0.05, 0.1) is 36.1 Å². The molecule has 0 spiro atoms. The standard InChI is InChI=1S/C26H18ClF5N2O4/c27-20-2-1-14(28)8-18(20)23-22-19(25(36)34-23)9-17(38-16-3-4-37-11-16)10-21(22)33-24(35)12-5-13(26(30,31)32)7-15(29)6-12/h1-2,5-10,16,23H,3-4,11H2,(H,33,35)(H,34,36). The van der Waals surface area contributed by atoms with Gasteiger partial charge in [-0.3, -0.25) is 9.59 Å². The molecule has 1 saturated heterocycles. The molecule has 2 atom stereocenters. The van der Waals surface area contributed by atoms with E-state index in [-0.39, 0.29) is 45.3 Å². The lowest BCUT2D eigenvalue weighted by molar-refractivity contribution is -0.137. The minimum absolute atomic E-state index is 0.0112. The lowest BCUT2D eigenvalue weighted by Crippen LogP contribution is -2.21. The molecule has 0 bridgehead atoms. The molecule has 3 aromatic rings. The van der Waals surface area contributed by atoms with Crippen molar-refractivity contribution in [1.82, 2.24) is 5.32 Å². The first-order valence-electron chi connectivity index (χ1n) is 11.4. The van der Waals surface area contributed by atoms with Crippen LogP contribution in [0.2, 0.25) is 5.02 Å². The van der Waals surface area contributed by atoms with Gasteiger partial charge in [-0.2, -0.15) is 13.2 Å². The molecule has 12 heteroatoms. The van der Waals surface area contributed by atoms with Crippen LogP contribution in [0.25, 0.3) is 0 Å². The van der Waals surface area contributed by atoms with Crippen molar-refractivity contribution in [3.05, 3.63) is 93.0 Å². The molecule has 0 radical (unpaired) electrons. The Balaban J connectivity index is 1.59. The molecule has 6 nitrogen and oxygen atoms in total. The number of hydrogen-bond donors (Lipinski definition) is 2. The average molecular weight is 553 g/mol. The van der Waals surface area contributed by atoms with Crippen LogP contribution in [0.5, 0.6) is 5.75 Å². The van der Waals surface area contributed by atoms with Crippen LogP contribution in [0.15, 0.2) is 48.5 Å². The number of nitrogens with one attached hydrogen (secondary N) is 2. The van der Waals surface area contributed by atoms with E-state index in [9.17, 15) is 31.5 Å². The Kier molecular flexibility index (Phi) is 6.74. The maximum atomic E-state index is 14.1. The van der Waals surface area contributed by atoms with Gasteiger partial charge in [-0.05, 0) is 42.5 Å². The van der Waals surface area contributed by atoms with Gasteiger partial charge in [0, 0.05) is 34.2 Å². The Labute approximate surface area is 217 Å². The summed E-state index contributed by atoms with van der Waals surface area (Å²) in [6.45, 7) is 0.775. The van der Waals surface area contributed by atoms with Crippen molar-refractivity contribution in [2.24, 2.45) is 0 Å². The number of rotatable bonds is 5. The van der Waals surface area contributed by atoms with Crippen molar-refractivity contribution in [3.63, 3.8) is 0 Å².